The number of anilines is 1. The van der Waals surface area contributed by atoms with Gasteiger partial charge in [-0.25, -0.2) is 4.79 Å². The van der Waals surface area contributed by atoms with Gasteiger partial charge in [0.1, 0.15) is 6.54 Å². The Balaban J connectivity index is 1.87. The third kappa shape index (κ3) is 3.66. The highest BCUT2D eigenvalue weighted by Gasteiger charge is 2.20. The van der Waals surface area contributed by atoms with Crippen molar-refractivity contribution < 1.29 is 9.59 Å². The average molecular weight is 419 g/mol. The van der Waals surface area contributed by atoms with Crippen LogP contribution >= 0.6 is 11.6 Å². The number of carbonyl (C=O) groups is 2. The summed E-state index contributed by atoms with van der Waals surface area (Å²) in [5, 5.41) is 2.60. The number of amides is 2. The maximum Gasteiger partial charge on any atom is 0.332 e. The van der Waals surface area contributed by atoms with E-state index in [4.69, 9.17) is 11.6 Å². The van der Waals surface area contributed by atoms with Crippen molar-refractivity contribution in [2.75, 3.05) is 19.4 Å². The van der Waals surface area contributed by atoms with Gasteiger partial charge in [-0.2, -0.15) is 4.98 Å². The Morgan fingerprint density at radius 2 is 1.72 bits per heavy atom. The topological polar surface area (TPSA) is 111 Å². The molecule has 0 radical (unpaired) electrons. The van der Waals surface area contributed by atoms with Gasteiger partial charge in [-0.15, -0.1) is 0 Å². The van der Waals surface area contributed by atoms with Gasteiger partial charge in [0.15, 0.2) is 11.2 Å². The molecule has 0 atom stereocenters. The van der Waals surface area contributed by atoms with Gasteiger partial charge in [0.25, 0.3) is 11.5 Å². The minimum absolute atomic E-state index is 0.0571. The molecule has 2 heterocycles. The molecule has 0 spiro atoms. The normalized spacial score (nSPS) is 10.9. The molecule has 2 amide bonds. The lowest BCUT2D eigenvalue weighted by atomic mass is 10.2. The summed E-state index contributed by atoms with van der Waals surface area (Å²) in [6, 6.07) is 6.40. The van der Waals surface area contributed by atoms with E-state index >= 15 is 0 Å². The van der Waals surface area contributed by atoms with Crippen LogP contribution in [-0.2, 0) is 25.4 Å². The lowest BCUT2D eigenvalue weighted by Crippen LogP contribution is -2.37. The van der Waals surface area contributed by atoms with Crippen LogP contribution in [-0.4, -0.2) is 49.5 Å². The van der Waals surface area contributed by atoms with E-state index in [9.17, 15) is 19.2 Å². The van der Waals surface area contributed by atoms with Gasteiger partial charge < -0.3 is 10.2 Å². The number of nitrogens with one attached hydrogen (secondary N) is 1. The third-order valence-electron chi connectivity index (χ3n) is 4.42. The number of hydrogen-bond acceptors (Lipinski definition) is 5. The molecule has 0 aliphatic carbocycles. The monoisotopic (exact) mass is 418 g/mol. The molecular formula is C18H19ClN6O4. The molecule has 0 saturated carbocycles. The van der Waals surface area contributed by atoms with Crippen LogP contribution in [0.25, 0.3) is 11.2 Å². The maximum atomic E-state index is 12.5. The van der Waals surface area contributed by atoms with Gasteiger partial charge in [-0.3, -0.25) is 28.1 Å². The van der Waals surface area contributed by atoms with Gasteiger partial charge in [0, 0.05) is 39.4 Å². The molecule has 29 heavy (non-hydrogen) atoms. The van der Waals surface area contributed by atoms with E-state index in [1.165, 1.54) is 28.1 Å². The molecule has 2 aromatic heterocycles. The van der Waals surface area contributed by atoms with E-state index in [1.807, 2.05) is 0 Å². The predicted molar refractivity (Wildman–Crippen MR) is 108 cm³/mol. The van der Waals surface area contributed by atoms with Crippen LogP contribution in [0.5, 0.6) is 0 Å². The van der Waals surface area contributed by atoms with Crippen LogP contribution in [0.2, 0.25) is 5.28 Å². The second-order valence-corrected chi connectivity index (χ2v) is 7.01. The number of halogens is 1. The van der Waals surface area contributed by atoms with Crippen molar-refractivity contribution in [1.82, 2.24) is 23.6 Å². The molecule has 3 aromatic rings. The van der Waals surface area contributed by atoms with Crippen molar-refractivity contribution in [2.45, 2.75) is 6.54 Å². The Hall–Kier alpha value is -3.40. The Kier molecular flexibility index (Phi) is 5.29. The fourth-order valence-electron chi connectivity index (χ4n) is 2.86. The lowest BCUT2D eigenvalue weighted by molar-refractivity contribution is -0.116. The zero-order chi connectivity index (χ0) is 21.5. The number of carbonyl (C=O) groups excluding carboxylic acids is 2. The average Bonchev–Trinajstić information content (AvgIpc) is 3.01. The first-order valence-corrected chi connectivity index (χ1v) is 8.93. The number of fused-ring (bicyclic) bond motifs is 1. The summed E-state index contributed by atoms with van der Waals surface area (Å²) in [5.74, 6) is -0.602. The molecule has 1 N–H and O–H groups in total. The maximum absolute atomic E-state index is 12.5. The SMILES string of the molecule is CN(C)C(=O)c1ccc(NC(=O)Cn2c(Cl)nc3c2c(=O)n(C)c(=O)n3C)cc1. The molecule has 3 rings (SSSR count). The van der Waals surface area contributed by atoms with Crippen molar-refractivity contribution in [3.63, 3.8) is 0 Å². The van der Waals surface area contributed by atoms with Gasteiger partial charge in [0.05, 0.1) is 0 Å². The summed E-state index contributed by atoms with van der Waals surface area (Å²) in [6.07, 6.45) is 0. The number of aromatic nitrogens is 4. The van der Waals surface area contributed by atoms with Crippen LogP contribution in [0.1, 0.15) is 10.4 Å². The van der Waals surface area contributed by atoms with Crippen LogP contribution in [0.3, 0.4) is 0 Å². The Morgan fingerprint density at radius 3 is 2.31 bits per heavy atom. The molecule has 10 nitrogen and oxygen atoms in total. The minimum Gasteiger partial charge on any atom is -0.345 e. The first kappa shape index (κ1) is 20.3. The zero-order valence-electron chi connectivity index (χ0n) is 16.3. The number of nitrogens with zero attached hydrogens (tertiary/aromatic N) is 5. The second kappa shape index (κ2) is 7.55. The summed E-state index contributed by atoms with van der Waals surface area (Å²) in [5.41, 5.74) is -0.0150. The molecule has 1 aromatic carbocycles. The number of aryl methyl sites for hydroxylation is 1. The third-order valence-corrected chi connectivity index (χ3v) is 4.71. The molecule has 0 aliphatic rings. The van der Waals surface area contributed by atoms with Crippen molar-refractivity contribution in [3.8, 4) is 0 Å². The molecule has 152 valence electrons. The quantitative estimate of drug-likeness (QED) is 0.617. The Labute approximate surface area is 169 Å². The van der Waals surface area contributed by atoms with Crippen LogP contribution < -0.4 is 16.6 Å². The van der Waals surface area contributed by atoms with Crippen molar-refractivity contribution in [2.24, 2.45) is 14.1 Å². The Morgan fingerprint density at radius 1 is 1.10 bits per heavy atom. The number of benzene rings is 1. The molecule has 11 heteroatoms. The summed E-state index contributed by atoms with van der Waals surface area (Å²) in [7, 11) is 6.11. The smallest absolute Gasteiger partial charge is 0.332 e. The van der Waals surface area contributed by atoms with E-state index in [1.54, 1.807) is 38.4 Å². The number of hydrogen-bond donors (Lipinski definition) is 1. The van der Waals surface area contributed by atoms with Crippen molar-refractivity contribution in [1.29, 1.82) is 0 Å². The largest absolute Gasteiger partial charge is 0.345 e. The van der Waals surface area contributed by atoms with Gasteiger partial charge in [0.2, 0.25) is 11.2 Å². The van der Waals surface area contributed by atoms with E-state index in [2.05, 4.69) is 10.3 Å². The van der Waals surface area contributed by atoms with Crippen LogP contribution in [0.15, 0.2) is 33.9 Å². The van der Waals surface area contributed by atoms with Gasteiger partial charge >= 0.3 is 5.69 Å². The summed E-state index contributed by atoms with van der Waals surface area (Å²) >= 11 is 6.11. The molecule has 0 bridgehead atoms. The summed E-state index contributed by atoms with van der Waals surface area (Å²) in [4.78, 5) is 54.4. The molecule has 0 fully saturated rings. The van der Waals surface area contributed by atoms with Gasteiger partial charge in [-0.05, 0) is 35.9 Å². The second-order valence-electron chi connectivity index (χ2n) is 6.67. The van der Waals surface area contributed by atoms with Crippen LogP contribution in [0, 0.1) is 0 Å². The fourth-order valence-corrected chi connectivity index (χ4v) is 3.09. The van der Waals surface area contributed by atoms with E-state index < -0.39 is 17.2 Å². The predicted octanol–water partition coefficient (Wildman–Crippen LogP) is 0.428. The molecule has 0 unspecified atom stereocenters. The van der Waals surface area contributed by atoms with Crippen molar-refractivity contribution in [3.05, 3.63) is 56.0 Å². The van der Waals surface area contributed by atoms with E-state index in [-0.39, 0.29) is 28.9 Å². The Bertz CT molecular complexity index is 1240. The molecular weight excluding hydrogens is 400 g/mol. The first-order valence-electron chi connectivity index (χ1n) is 8.55. The van der Waals surface area contributed by atoms with Gasteiger partial charge in [-0.1, -0.05) is 0 Å². The first-order chi connectivity index (χ1) is 13.6. The van der Waals surface area contributed by atoms with E-state index in [0.29, 0.717) is 11.3 Å². The molecule has 0 aliphatic heterocycles. The van der Waals surface area contributed by atoms with Crippen molar-refractivity contribution >= 4 is 40.3 Å². The fraction of sp³-hybridized carbons (Fsp3) is 0.278. The highest BCUT2D eigenvalue weighted by atomic mass is 35.5. The summed E-state index contributed by atoms with van der Waals surface area (Å²) in [6.45, 7) is -0.277. The van der Waals surface area contributed by atoms with Crippen LogP contribution in [0.4, 0.5) is 5.69 Å². The minimum atomic E-state index is -0.596. The number of imidazole rings is 1. The highest BCUT2D eigenvalue weighted by Crippen LogP contribution is 2.16. The lowest BCUT2D eigenvalue weighted by Gasteiger charge is -2.11. The zero-order valence-corrected chi connectivity index (χ0v) is 17.0. The number of rotatable bonds is 4. The summed E-state index contributed by atoms with van der Waals surface area (Å²) < 4.78 is 3.37. The van der Waals surface area contributed by atoms with E-state index in [0.717, 1.165) is 4.57 Å². The standard InChI is InChI=1S/C18H19ClN6O4/c1-22(2)15(27)10-5-7-11(8-6-10)20-12(26)9-25-13-14(21-17(25)19)23(3)18(29)24(4)16(13)28/h5-8H,9H2,1-4H3,(H,20,26). The molecule has 0 saturated heterocycles. The highest BCUT2D eigenvalue weighted by molar-refractivity contribution is 6.29.